The van der Waals surface area contributed by atoms with Crippen LogP contribution in [0.1, 0.15) is 44.9 Å². The van der Waals surface area contributed by atoms with Crippen molar-refractivity contribution in [2.75, 3.05) is 46.4 Å². The number of ether oxygens (including phenoxy) is 1. The van der Waals surface area contributed by atoms with Crippen LogP contribution in [0.4, 0.5) is 0 Å². The average molecular weight is 308 g/mol. The zero-order valence-electron chi connectivity index (χ0n) is 14.1. The quantitative estimate of drug-likeness (QED) is 0.598. The van der Waals surface area contributed by atoms with Gasteiger partial charge in [0.1, 0.15) is 0 Å². The molecule has 2 saturated carbocycles. The number of morpholine rings is 1. The van der Waals surface area contributed by atoms with Crippen LogP contribution in [0, 0.1) is 5.92 Å². The van der Waals surface area contributed by atoms with Crippen molar-refractivity contribution in [3.63, 3.8) is 0 Å². The fraction of sp³-hybridized carbons (Fsp3) is 0.941. The van der Waals surface area contributed by atoms with Crippen LogP contribution in [0.25, 0.3) is 0 Å². The van der Waals surface area contributed by atoms with Crippen molar-refractivity contribution < 1.29 is 4.74 Å². The Labute approximate surface area is 134 Å². The molecule has 5 nitrogen and oxygen atoms in total. The summed E-state index contributed by atoms with van der Waals surface area (Å²) in [6.07, 6.45) is 9.46. The van der Waals surface area contributed by atoms with Crippen LogP contribution in [0.5, 0.6) is 0 Å². The van der Waals surface area contributed by atoms with E-state index >= 15 is 0 Å². The van der Waals surface area contributed by atoms with Gasteiger partial charge in [-0.1, -0.05) is 19.3 Å². The zero-order chi connectivity index (χ0) is 15.3. The summed E-state index contributed by atoms with van der Waals surface area (Å²) in [5.41, 5.74) is 0.305. The molecule has 3 rings (SSSR count). The van der Waals surface area contributed by atoms with Gasteiger partial charge >= 0.3 is 0 Å². The van der Waals surface area contributed by atoms with E-state index in [1.807, 2.05) is 7.05 Å². The number of aliphatic imine (C=N–C) groups is 1. The van der Waals surface area contributed by atoms with E-state index in [4.69, 9.17) is 4.74 Å². The standard InChI is InChI=1S/C17H32N4O/c1-18-16(19-13-15-5-6-15)20-14-17(7-3-2-4-8-17)21-9-11-22-12-10-21/h15H,2-14H2,1H3,(H2,18,19,20). The number of guanidine groups is 1. The molecule has 0 aromatic heterocycles. The van der Waals surface area contributed by atoms with Crippen molar-refractivity contribution in [1.29, 1.82) is 0 Å². The van der Waals surface area contributed by atoms with Gasteiger partial charge in [0.25, 0.3) is 0 Å². The first-order valence-electron chi connectivity index (χ1n) is 9.10. The lowest BCUT2D eigenvalue weighted by Crippen LogP contribution is -2.60. The minimum Gasteiger partial charge on any atom is -0.379 e. The Morgan fingerprint density at radius 3 is 2.50 bits per heavy atom. The monoisotopic (exact) mass is 308 g/mol. The smallest absolute Gasteiger partial charge is 0.191 e. The van der Waals surface area contributed by atoms with E-state index < -0.39 is 0 Å². The summed E-state index contributed by atoms with van der Waals surface area (Å²) in [4.78, 5) is 7.08. The van der Waals surface area contributed by atoms with Gasteiger partial charge in [0.2, 0.25) is 0 Å². The molecule has 0 unspecified atom stereocenters. The highest BCUT2D eigenvalue weighted by atomic mass is 16.5. The number of nitrogens with zero attached hydrogens (tertiary/aromatic N) is 2. The molecule has 2 N–H and O–H groups in total. The fourth-order valence-corrected chi connectivity index (χ4v) is 3.88. The van der Waals surface area contributed by atoms with E-state index in [1.165, 1.54) is 44.9 Å². The van der Waals surface area contributed by atoms with Crippen LogP contribution < -0.4 is 10.6 Å². The molecule has 0 amide bonds. The molecular weight excluding hydrogens is 276 g/mol. The van der Waals surface area contributed by atoms with Gasteiger partial charge in [-0.05, 0) is 31.6 Å². The van der Waals surface area contributed by atoms with Gasteiger partial charge in [0, 0.05) is 38.8 Å². The highest BCUT2D eigenvalue weighted by molar-refractivity contribution is 5.79. The van der Waals surface area contributed by atoms with E-state index in [-0.39, 0.29) is 0 Å². The lowest BCUT2D eigenvalue weighted by molar-refractivity contribution is -0.0352. The first-order chi connectivity index (χ1) is 10.8. The van der Waals surface area contributed by atoms with Crippen molar-refractivity contribution >= 4 is 5.96 Å². The van der Waals surface area contributed by atoms with Gasteiger partial charge in [0.15, 0.2) is 5.96 Å². The van der Waals surface area contributed by atoms with E-state index in [1.54, 1.807) is 0 Å². The summed E-state index contributed by atoms with van der Waals surface area (Å²) in [6.45, 7) is 6.01. The maximum Gasteiger partial charge on any atom is 0.191 e. The van der Waals surface area contributed by atoms with Crippen molar-refractivity contribution in [2.45, 2.75) is 50.5 Å². The van der Waals surface area contributed by atoms with Gasteiger partial charge in [0.05, 0.1) is 13.2 Å². The summed E-state index contributed by atoms with van der Waals surface area (Å²) in [7, 11) is 1.88. The molecule has 1 saturated heterocycles. The van der Waals surface area contributed by atoms with Crippen molar-refractivity contribution in [1.82, 2.24) is 15.5 Å². The Kier molecular flexibility index (Phi) is 5.58. The molecule has 5 heteroatoms. The van der Waals surface area contributed by atoms with Gasteiger partial charge in [-0.25, -0.2) is 0 Å². The largest absolute Gasteiger partial charge is 0.379 e. The molecule has 126 valence electrons. The van der Waals surface area contributed by atoms with E-state index in [0.717, 1.165) is 51.3 Å². The Morgan fingerprint density at radius 1 is 1.14 bits per heavy atom. The molecule has 0 aromatic rings. The molecule has 0 aromatic carbocycles. The molecule has 22 heavy (non-hydrogen) atoms. The minimum absolute atomic E-state index is 0.305. The number of nitrogens with one attached hydrogen (secondary N) is 2. The first-order valence-corrected chi connectivity index (χ1v) is 9.10. The summed E-state index contributed by atoms with van der Waals surface area (Å²) >= 11 is 0. The van der Waals surface area contributed by atoms with E-state index in [2.05, 4.69) is 20.5 Å². The Morgan fingerprint density at radius 2 is 1.86 bits per heavy atom. The normalized spacial score (nSPS) is 26.7. The number of hydrogen-bond acceptors (Lipinski definition) is 3. The third-order valence-corrected chi connectivity index (χ3v) is 5.53. The third-order valence-electron chi connectivity index (χ3n) is 5.53. The number of hydrogen-bond donors (Lipinski definition) is 2. The second-order valence-electron chi connectivity index (χ2n) is 7.13. The second-order valence-corrected chi connectivity index (χ2v) is 7.13. The molecule has 0 atom stereocenters. The molecule has 2 aliphatic carbocycles. The second kappa shape index (κ2) is 7.64. The Hall–Kier alpha value is -0.810. The summed E-state index contributed by atoms with van der Waals surface area (Å²) < 4.78 is 5.56. The van der Waals surface area contributed by atoms with E-state index in [9.17, 15) is 0 Å². The maximum absolute atomic E-state index is 5.56. The zero-order valence-corrected chi connectivity index (χ0v) is 14.1. The molecule has 3 aliphatic rings. The molecule has 0 bridgehead atoms. The number of rotatable bonds is 5. The Balaban J connectivity index is 1.56. The summed E-state index contributed by atoms with van der Waals surface area (Å²) in [5, 5.41) is 7.10. The summed E-state index contributed by atoms with van der Waals surface area (Å²) in [5.74, 6) is 1.85. The van der Waals surface area contributed by atoms with Crippen LogP contribution >= 0.6 is 0 Å². The molecule has 0 radical (unpaired) electrons. The van der Waals surface area contributed by atoms with Gasteiger partial charge in [-0.3, -0.25) is 9.89 Å². The van der Waals surface area contributed by atoms with Gasteiger partial charge in [-0.15, -0.1) is 0 Å². The van der Waals surface area contributed by atoms with Crippen molar-refractivity contribution in [2.24, 2.45) is 10.9 Å². The fourth-order valence-electron chi connectivity index (χ4n) is 3.88. The maximum atomic E-state index is 5.56. The predicted molar refractivity (Wildman–Crippen MR) is 90.3 cm³/mol. The first kappa shape index (κ1) is 16.1. The molecule has 3 fully saturated rings. The van der Waals surface area contributed by atoms with Gasteiger partial charge < -0.3 is 15.4 Å². The molecular formula is C17H32N4O. The average Bonchev–Trinajstić information content (AvgIpc) is 3.41. The minimum atomic E-state index is 0.305. The molecule has 1 heterocycles. The van der Waals surface area contributed by atoms with Crippen molar-refractivity contribution in [3.8, 4) is 0 Å². The van der Waals surface area contributed by atoms with Crippen LogP contribution in [0.3, 0.4) is 0 Å². The lowest BCUT2D eigenvalue weighted by atomic mass is 9.80. The summed E-state index contributed by atoms with van der Waals surface area (Å²) in [6, 6.07) is 0. The third kappa shape index (κ3) is 4.13. The molecule has 0 spiro atoms. The SMILES string of the molecule is CN=C(NCC1CC1)NCC1(N2CCOCC2)CCCCC1. The van der Waals surface area contributed by atoms with Crippen LogP contribution in [-0.2, 0) is 4.74 Å². The van der Waals surface area contributed by atoms with E-state index in [0.29, 0.717) is 5.54 Å². The molecule has 1 aliphatic heterocycles. The highest BCUT2D eigenvalue weighted by Crippen LogP contribution is 2.34. The highest BCUT2D eigenvalue weighted by Gasteiger charge is 2.38. The lowest BCUT2D eigenvalue weighted by Gasteiger charge is -2.48. The van der Waals surface area contributed by atoms with Crippen LogP contribution in [0.2, 0.25) is 0 Å². The van der Waals surface area contributed by atoms with Crippen LogP contribution in [0.15, 0.2) is 4.99 Å². The van der Waals surface area contributed by atoms with Crippen LogP contribution in [-0.4, -0.2) is 62.8 Å². The Bertz CT molecular complexity index is 369. The topological polar surface area (TPSA) is 48.9 Å². The van der Waals surface area contributed by atoms with Crippen molar-refractivity contribution in [3.05, 3.63) is 0 Å². The van der Waals surface area contributed by atoms with Gasteiger partial charge in [-0.2, -0.15) is 0 Å². The predicted octanol–water partition coefficient (Wildman–Crippen LogP) is 1.60.